The summed E-state index contributed by atoms with van der Waals surface area (Å²) in [4.78, 5) is 0. The Morgan fingerprint density at radius 3 is 2.80 bits per heavy atom. The Labute approximate surface area is 102 Å². The highest BCUT2D eigenvalue weighted by molar-refractivity contribution is 9.09. The van der Waals surface area contributed by atoms with Gasteiger partial charge in [-0.1, -0.05) is 45.7 Å². The summed E-state index contributed by atoms with van der Waals surface area (Å²) in [5, 5.41) is 11.0. The van der Waals surface area contributed by atoms with Gasteiger partial charge >= 0.3 is 0 Å². The second kappa shape index (κ2) is 4.90. The number of hydrogen-bond acceptors (Lipinski definition) is 2. The molecule has 0 fully saturated rings. The SMILES string of the molecule is Clc1c(CCCBr)nnc2ccccc12. The van der Waals surface area contributed by atoms with Crippen molar-refractivity contribution < 1.29 is 0 Å². The number of hydrogen-bond donors (Lipinski definition) is 0. The number of benzene rings is 1. The van der Waals surface area contributed by atoms with Crippen LogP contribution in [0.2, 0.25) is 5.02 Å². The van der Waals surface area contributed by atoms with Crippen molar-refractivity contribution in [2.45, 2.75) is 12.8 Å². The summed E-state index contributed by atoms with van der Waals surface area (Å²) >= 11 is 9.65. The second-order valence-corrected chi connectivity index (χ2v) is 4.44. The largest absolute Gasteiger partial charge is 0.153 e. The standard InChI is InChI=1S/C11H10BrClN2/c12-7-3-6-10-11(13)8-4-1-2-5-9(8)14-15-10/h1-2,4-5H,3,6-7H2. The minimum absolute atomic E-state index is 0.738. The van der Waals surface area contributed by atoms with Crippen molar-refractivity contribution in [1.29, 1.82) is 0 Å². The Bertz CT molecular complexity index is 473. The highest BCUT2D eigenvalue weighted by Crippen LogP contribution is 2.24. The molecule has 0 spiro atoms. The molecule has 1 aromatic carbocycles. The number of halogens is 2. The van der Waals surface area contributed by atoms with E-state index in [1.54, 1.807) is 0 Å². The first-order chi connectivity index (χ1) is 7.33. The van der Waals surface area contributed by atoms with Gasteiger partial charge in [-0.3, -0.25) is 0 Å². The van der Waals surface area contributed by atoms with E-state index in [-0.39, 0.29) is 0 Å². The molecule has 2 aromatic rings. The van der Waals surface area contributed by atoms with Crippen LogP contribution in [0.4, 0.5) is 0 Å². The molecule has 0 aliphatic rings. The average Bonchev–Trinajstić information content (AvgIpc) is 2.29. The molecule has 0 atom stereocenters. The van der Waals surface area contributed by atoms with E-state index in [2.05, 4.69) is 26.1 Å². The molecule has 4 heteroatoms. The zero-order valence-corrected chi connectivity index (χ0v) is 10.4. The third-order valence-corrected chi connectivity index (χ3v) is 3.20. The molecule has 0 aliphatic heterocycles. The number of rotatable bonds is 3. The maximum absolute atomic E-state index is 6.26. The number of alkyl halides is 1. The van der Waals surface area contributed by atoms with E-state index >= 15 is 0 Å². The molecule has 2 nitrogen and oxygen atoms in total. The van der Waals surface area contributed by atoms with Crippen molar-refractivity contribution in [2.75, 3.05) is 5.33 Å². The van der Waals surface area contributed by atoms with E-state index in [4.69, 9.17) is 11.6 Å². The number of fused-ring (bicyclic) bond motifs is 1. The minimum atomic E-state index is 0.738. The van der Waals surface area contributed by atoms with Gasteiger partial charge in [0.15, 0.2) is 0 Å². The van der Waals surface area contributed by atoms with Crippen LogP contribution in [-0.2, 0) is 6.42 Å². The maximum Gasteiger partial charge on any atom is 0.0944 e. The number of aromatic nitrogens is 2. The molecule has 0 bridgehead atoms. The molecule has 15 heavy (non-hydrogen) atoms. The molecular weight excluding hydrogens is 275 g/mol. The lowest BCUT2D eigenvalue weighted by molar-refractivity contribution is 0.861. The van der Waals surface area contributed by atoms with E-state index in [0.29, 0.717) is 0 Å². The monoisotopic (exact) mass is 284 g/mol. The summed E-state index contributed by atoms with van der Waals surface area (Å²) in [6.07, 6.45) is 1.88. The molecule has 0 unspecified atom stereocenters. The first-order valence-corrected chi connectivity index (χ1v) is 6.28. The van der Waals surface area contributed by atoms with Gasteiger partial charge in [-0.05, 0) is 18.9 Å². The second-order valence-electron chi connectivity index (χ2n) is 3.27. The lowest BCUT2D eigenvalue weighted by Gasteiger charge is -2.04. The lowest BCUT2D eigenvalue weighted by atomic mass is 10.1. The summed E-state index contributed by atoms with van der Waals surface area (Å²) in [5.74, 6) is 0. The molecular formula is C11H10BrClN2. The maximum atomic E-state index is 6.26. The minimum Gasteiger partial charge on any atom is -0.153 e. The van der Waals surface area contributed by atoms with Crippen LogP contribution in [-0.4, -0.2) is 15.5 Å². The molecule has 0 radical (unpaired) electrons. The third-order valence-electron chi connectivity index (χ3n) is 2.22. The predicted molar refractivity (Wildman–Crippen MR) is 66.7 cm³/mol. The Morgan fingerprint density at radius 1 is 1.20 bits per heavy atom. The van der Waals surface area contributed by atoms with Crippen molar-refractivity contribution in [2.24, 2.45) is 0 Å². The Morgan fingerprint density at radius 2 is 2.00 bits per heavy atom. The fourth-order valence-corrected chi connectivity index (χ4v) is 2.03. The first kappa shape index (κ1) is 10.8. The normalized spacial score (nSPS) is 10.8. The quantitative estimate of drug-likeness (QED) is 0.805. The van der Waals surface area contributed by atoms with E-state index in [1.807, 2.05) is 24.3 Å². The fourth-order valence-electron chi connectivity index (χ4n) is 1.45. The van der Waals surface area contributed by atoms with Gasteiger partial charge in [0, 0.05) is 10.7 Å². The van der Waals surface area contributed by atoms with Crippen molar-refractivity contribution in [3.8, 4) is 0 Å². The van der Waals surface area contributed by atoms with E-state index in [1.165, 1.54) is 0 Å². The summed E-state index contributed by atoms with van der Waals surface area (Å²) in [7, 11) is 0. The van der Waals surface area contributed by atoms with Gasteiger partial charge in [-0.15, -0.1) is 0 Å². The Hall–Kier alpha value is -0.670. The third kappa shape index (κ3) is 2.29. The first-order valence-electron chi connectivity index (χ1n) is 4.78. The van der Waals surface area contributed by atoms with E-state index in [9.17, 15) is 0 Å². The summed E-state index contributed by atoms with van der Waals surface area (Å²) < 4.78 is 0. The molecule has 0 saturated heterocycles. The van der Waals surface area contributed by atoms with Crippen molar-refractivity contribution in [3.05, 3.63) is 35.0 Å². The van der Waals surface area contributed by atoms with Crippen molar-refractivity contribution in [3.63, 3.8) is 0 Å². The fraction of sp³-hybridized carbons (Fsp3) is 0.273. The van der Waals surface area contributed by atoms with Gasteiger partial charge in [0.1, 0.15) is 0 Å². The van der Waals surface area contributed by atoms with Crippen molar-refractivity contribution >= 4 is 38.4 Å². The average molecular weight is 286 g/mol. The zero-order valence-electron chi connectivity index (χ0n) is 8.08. The molecule has 1 aromatic heterocycles. The van der Waals surface area contributed by atoms with E-state index in [0.717, 1.165) is 39.8 Å². The van der Waals surface area contributed by atoms with Gasteiger partial charge in [0.25, 0.3) is 0 Å². The molecule has 0 aliphatic carbocycles. The van der Waals surface area contributed by atoms with E-state index < -0.39 is 0 Å². The molecule has 2 rings (SSSR count). The zero-order chi connectivity index (χ0) is 10.7. The predicted octanol–water partition coefficient (Wildman–Crippen LogP) is 3.61. The Balaban J connectivity index is 2.45. The topological polar surface area (TPSA) is 25.8 Å². The van der Waals surface area contributed by atoms with Crippen LogP contribution in [0.3, 0.4) is 0 Å². The highest BCUT2D eigenvalue weighted by atomic mass is 79.9. The van der Waals surface area contributed by atoms with Crippen LogP contribution in [0.15, 0.2) is 24.3 Å². The molecule has 0 amide bonds. The molecule has 0 N–H and O–H groups in total. The van der Waals surface area contributed by atoms with Crippen LogP contribution in [0.5, 0.6) is 0 Å². The summed E-state index contributed by atoms with van der Waals surface area (Å²) in [6, 6.07) is 7.79. The van der Waals surface area contributed by atoms with Crippen LogP contribution < -0.4 is 0 Å². The highest BCUT2D eigenvalue weighted by Gasteiger charge is 2.07. The number of aryl methyl sites for hydroxylation is 1. The van der Waals surface area contributed by atoms with Crippen LogP contribution in [0, 0.1) is 0 Å². The molecule has 1 heterocycles. The van der Waals surface area contributed by atoms with Gasteiger partial charge in [0.2, 0.25) is 0 Å². The van der Waals surface area contributed by atoms with Crippen molar-refractivity contribution in [1.82, 2.24) is 10.2 Å². The van der Waals surface area contributed by atoms with Gasteiger partial charge in [-0.2, -0.15) is 10.2 Å². The van der Waals surface area contributed by atoms with Crippen LogP contribution in [0.25, 0.3) is 10.9 Å². The van der Waals surface area contributed by atoms with Gasteiger partial charge in [-0.25, -0.2) is 0 Å². The molecule has 0 saturated carbocycles. The van der Waals surface area contributed by atoms with Crippen LogP contribution >= 0.6 is 27.5 Å². The summed E-state index contributed by atoms with van der Waals surface area (Å²) in [6.45, 7) is 0. The molecule has 78 valence electrons. The lowest BCUT2D eigenvalue weighted by Crippen LogP contribution is -1.96. The van der Waals surface area contributed by atoms with Gasteiger partial charge in [0.05, 0.1) is 16.2 Å². The van der Waals surface area contributed by atoms with Gasteiger partial charge < -0.3 is 0 Å². The van der Waals surface area contributed by atoms with Crippen LogP contribution in [0.1, 0.15) is 12.1 Å². The summed E-state index contributed by atoms with van der Waals surface area (Å²) in [5.41, 5.74) is 1.74. The number of nitrogens with zero attached hydrogens (tertiary/aromatic N) is 2. The Kier molecular flexibility index (Phi) is 3.54. The smallest absolute Gasteiger partial charge is 0.0944 e.